The third kappa shape index (κ3) is 5.18. The van der Waals surface area contributed by atoms with Gasteiger partial charge in [-0.2, -0.15) is 0 Å². The summed E-state index contributed by atoms with van der Waals surface area (Å²) < 4.78 is 36.7. The zero-order chi connectivity index (χ0) is 22.6. The summed E-state index contributed by atoms with van der Waals surface area (Å²) in [5.74, 6) is 2.13. The molecule has 0 aliphatic rings. The van der Waals surface area contributed by atoms with Crippen molar-refractivity contribution >= 4 is 29.0 Å². The molecule has 4 aromatic rings. The van der Waals surface area contributed by atoms with Crippen LogP contribution < -0.4 is 20.1 Å². The van der Waals surface area contributed by atoms with Crippen LogP contribution in [0.3, 0.4) is 0 Å². The van der Waals surface area contributed by atoms with Gasteiger partial charge in [-0.1, -0.05) is 50.5 Å². The van der Waals surface area contributed by atoms with Gasteiger partial charge >= 0.3 is 0 Å². The van der Waals surface area contributed by atoms with Crippen molar-refractivity contribution in [2.75, 3.05) is 7.11 Å². The average molecular weight is 463 g/mol. The molecule has 32 heavy (non-hydrogen) atoms. The fourth-order valence-corrected chi connectivity index (χ4v) is 5.38. The zero-order valence-electron chi connectivity index (χ0n) is 17.8. The summed E-state index contributed by atoms with van der Waals surface area (Å²) in [5.41, 5.74) is 1.02. The standard InChI is InChI=1S/C26H23O4PS/c1-19-3-15-25(16-4-19)32(27,28)26-17-9-22(10-18-26)30-21-7-13-24(14-8-21)31-23-11-5-20(29-2)6-12-23/h3-18,31H,1-2H3. The lowest BCUT2D eigenvalue weighted by Crippen LogP contribution is -2.03. The molecule has 0 fully saturated rings. The zero-order valence-corrected chi connectivity index (χ0v) is 19.6. The first-order valence-electron chi connectivity index (χ1n) is 10.0. The second-order valence-corrected chi connectivity index (χ2v) is 10.6. The molecule has 0 spiro atoms. The predicted molar refractivity (Wildman–Crippen MR) is 130 cm³/mol. The van der Waals surface area contributed by atoms with E-state index in [1.807, 2.05) is 43.3 Å². The Morgan fingerprint density at radius 3 is 1.47 bits per heavy atom. The Kier molecular flexibility index (Phi) is 6.59. The normalized spacial score (nSPS) is 11.6. The summed E-state index contributed by atoms with van der Waals surface area (Å²) in [6.45, 7) is 1.93. The smallest absolute Gasteiger partial charge is 0.206 e. The highest BCUT2D eigenvalue weighted by atomic mass is 32.2. The molecule has 0 saturated carbocycles. The van der Waals surface area contributed by atoms with Gasteiger partial charge < -0.3 is 9.47 Å². The molecule has 0 heterocycles. The molecule has 0 saturated heterocycles. The Morgan fingerprint density at radius 2 is 1.00 bits per heavy atom. The molecule has 1 unspecified atom stereocenters. The second kappa shape index (κ2) is 9.56. The Bertz CT molecular complexity index is 1280. The molecular weight excluding hydrogens is 439 g/mol. The minimum atomic E-state index is -3.55. The number of methoxy groups -OCH3 is 1. The number of sulfone groups is 1. The van der Waals surface area contributed by atoms with E-state index >= 15 is 0 Å². The molecule has 4 nitrogen and oxygen atoms in total. The van der Waals surface area contributed by atoms with E-state index < -0.39 is 9.84 Å². The SMILES string of the molecule is COc1ccc(Pc2ccc(Oc3ccc(S(=O)(=O)c4ccc(C)cc4)cc3)cc2)cc1. The molecule has 4 aromatic carbocycles. The van der Waals surface area contributed by atoms with E-state index in [0.717, 1.165) is 11.3 Å². The lowest BCUT2D eigenvalue weighted by Gasteiger charge is -2.09. The Hall–Kier alpha value is -3.14. The van der Waals surface area contributed by atoms with Crippen LogP contribution in [-0.2, 0) is 9.84 Å². The van der Waals surface area contributed by atoms with Crippen LogP contribution in [-0.4, -0.2) is 15.5 Å². The second-order valence-electron chi connectivity index (χ2n) is 7.27. The van der Waals surface area contributed by atoms with Gasteiger partial charge in [0.1, 0.15) is 17.2 Å². The van der Waals surface area contributed by atoms with E-state index in [2.05, 4.69) is 12.1 Å². The van der Waals surface area contributed by atoms with Gasteiger partial charge in [-0.25, -0.2) is 8.42 Å². The lowest BCUT2D eigenvalue weighted by molar-refractivity contribution is 0.415. The molecule has 0 amide bonds. The molecule has 1 atom stereocenters. The van der Waals surface area contributed by atoms with Gasteiger partial charge in [0.2, 0.25) is 9.84 Å². The Labute approximate surface area is 190 Å². The number of ether oxygens (including phenoxy) is 2. The first-order valence-corrected chi connectivity index (χ1v) is 12.5. The van der Waals surface area contributed by atoms with Gasteiger partial charge in [0, 0.05) is 0 Å². The molecule has 0 aliphatic carbocycles. The summed E-state index contributed by atoms with van der Waals surface area (Å²) in [6.07, 6.45) is 0. The Morgan fingerprint density at radius 1 is 0.594 bits per heavy atom. The summed E-state index contributed by atoms with van der Waals surface area (Å²) in [7, 11) is -1.35. The van der Waals surface area contributed by atoms with Crippen LogP contribution in [0.2, 0.25) is 0 Å². The molecule has 6 heteroatoms. The number of hydrogen-bond donors (Lipinski definition) is 0. The first kappa shape index (κ1) is 22.1. The van der Waals surface area contributed by atoms with Crippen LogP contribution >= 0.6 is 8.58 Å². The van der Waals surface area contributed by atoms with E-state index in [1.54, 1.807) is 55.6 Å². The van der Waals surface area contributed by atoms with Crippen molar-refractivity contribution in [1.29, 1.82) is 0 Å². The maximum absolute atomic E-state index is 12.8. The van der Waals surface area contributed by atoms with Gasteiger partial charge in [-0.3, -0.25) is 0 Å². The maximum Gasteiger partial charge on any atom is 0.206 e. The highest BCUT2D eigenvalue weighted by Crippen LogP contribution is 2.26. The van der Waals surface area contributed by atoms with Crippen LogP contribution in [0.25, 0.3) is 0 Å². The number of aryl methyl sites for hydroxylation is 1. The first-order chi connectivity index (χ1) is 15.4. The Balaban J connectivity index is 1.42. The van der Waals surface area contributed by atoms with Crippen molar-refractivity contribution in [3.8, 4) is 17.2 Å². The minimum absolute atomic E-state index is 0.241. The fraction of sp³-hybridized carbons (Fsp3) is 0.0769. The molecular formula is C26H23O4PS. The van der Waals surface area contributed by atoms with Gasteiger partial charge in [-0.15, -0.1) is 0 Å². The van der Waals surface area contributed by atoms with E-state index in [1.165, 1.54) is 10.6 Å². The van der Waals surface area contributed by atoms with Crippen molar-refractivity contribution < 1.29 is 17.9 Å². The third-order valence-corrected chi connectivity index (χ3v) is 7.96. The average Bonchev–Trinajstić information content (AvgIpc) is 2.81. The summed E-state index contributed by atoms with van der Waals surface area (Å²) in [4.78, 5) is 0.523. The van der Waals surface area contributed by atoms with Crippen molar-refractivity contribution in [3.05, 3.63) is 103 Å². The lowest BCUT2D eigenvalue weighted by atomic mass is 10.2. The molecule has 0 aromatic heterocycles. The van der Waals surface area contributed by atoms with Crippen molar-refractivity contribution in [2.24, 2.45) is 0 Å². The third-order valence-electron chi connectivity index (χ3n) is 4.93. The summed E-state index contributed by atoms with van der Waals surface area (Å²) >= 11 is 0. The maximum atomic E-state index is 12.8. The van der Waals surface area contributed by atoms with Crippen LogP contribution in [0.1, 0.15) is 5.56 Å². The van der Waals surface area contributed by atoms with Crippen LogP contribution in [0, 0.1) is 6.92 Å². The molecule has 0 aliphatic heterocycles. The molecule has 0 N–H and O–H groups in total. The molecule has 0 radical (unpaired) electrons. The number of benzene rings is 4. The molecule has 0 bridgehead atoms. The van der Waals surface area contributed by atoms with E-state index in [-0.39, 0.29) is 9.79 Å². The van der Waals surface area contributed by atoms with E-state index in [0.29, 0.717) is 20.1 Å². The van der Waals surface area contributed by atoms with Crippen molar-refractivity contribution in [3.63, 3.8) is 0 Å². The largest absolute Gasteiger partial charge is 0.497 e. The summed E-state index contributed by atoms with van der Waals surface area (Å²) in [5, 5.41) is 2.42. The minimum Gasteiger partial charge on any atom is -0.497 e. The van der Waals surface area contributed by atoms with Crippen molar-refractivity contribution in [1.82, 2.24) is 0 Å². The monoisotopic (exact) mass is 462 g/mol. The van der Waals surface area contributed by atoms with Gasteiger partial charge in [0.05, 0.1) is 16.9 Å². The van der Waals surface area contributed by atoms with Crippen molar-refractivity contribution in [2.45, 2.75) is 16.7 Å². The summed E-state index contributed by atoms with van der Waals surface area (Å²) in [6, 6.07) is 29.3. The van der Waals surface area contributed by atoms with Crippen LogP contribution in [0.5, 0.6) is 17.2 Å². The van der Waals surface area contributed by atoms with Gasteiger partial charge in [-0.05, 0) is 78.2 Å². The quantitative estimate of drug-likeness (QED) is 0.352. The van der Waals surface area contributed by atoms with Crippen LogP contribution in [0.15, 0.2) is 107 Å². The van der Waals surface area contributed by atoms with E-state index in [9.17, 15) is 8.42 Å². The number of hydrogen-bond acceptors (Lipinski definition) is 4. The molecule has 4 rings (SSSR count). The van der Waals surface area contributed by atoms with E-state index in [4.69, 9.17) is 9.47 Å². The highest BCUT2D eigenvalue weighted by Gasteiger charge is 2.17. The number of rotatable bonds is 7. The predicted octanol–water partition coefficient (Wildman–Crippen LogP) is 5.26. The fourth-order valence-electron chi connectivity index (χ4n) is 3.12. The molecule has 162 valence electrons. The topological polar surface area (TPSA) is 52.6 Å². The highest BCUT2D eigenvalue weighted by molar-refractivity contribution is 7.91. The van der Waals surface area contributed by atoms with Gasteiger partial charge in [0.15, 0.2) is 0 Å². The van der Waals surface area contributed by atoms with Crippen LogP contribution in [0.4, 0.5) is 0 Å². The van der Waals surface area contributed by atoms with Gasteiger partial charge in [0.25, 0.3) is 0 Å².